The van der Waals surface area contributed by atoms with E-state index < -0.39 is 0 Å². The Bertz CT molecular complexity index is 420. The Morgan fingerprint density at radius 3 is 2.57 bits per heavy atom. The summed E-state index contributed by atoms with van der Waals surface area (Å²) in [5.41, 5.74) is 1.18. The number of nitrogens with one attached hydrogen (secondary N) is 1. The fourth-order valence-electron chi connectivity index (χ4n) is 2.75. The van der Waals surface area contributed by atoms with Crippen molar-refractivity contribution in [3.05, 3.63) is 29.8 Å². The highest BCUT2D eigenvalue weighted by Crippen LogP contribution is 2.41. The Hall–Kier alpha value is -1.10. The van der Waals surface area contributed by atoms with E-state index in [1.807, 2.05) is 19.2 Å². The van der Waals surface area contributed by atoms with Crippen molar-refractivity contribution in [3.63, 3.8) is 0 Å². The molecular weight excluding hydrogens is 266 g/mol. The summed E-state index contributed by atoms with van der Waals surface area (Å²) in [4.78, 5) is 0. The summed E-state index contributed by atoms with van der Waals surface area (Å²) in [7, 11) is 3.49. The lowest BCUT2D eigenvalue weighted by atomic mass is 9.97. The van der Waals surface area contributed by atoms with Crippen LogP contribution in [0.2, 0.25) is 0 Å². The number of benzene rings is 1. The molecule has 1 saturated carbocycles. The van der Waals surface area contributed by atoms with Gasteiger partial charge in [-0.15, -0.1) is 0 Å². The lowest BCUT2D eigenvalue weighted by Crippen LogP contribution is -2.35. The van der Waals surface area contributed by atoms with Crippen molar-refractivity contribution >= 4 is 0 Å². The fraction of sp³-hybridized carbons (Fsp3) is 0.647. The molecule has 1 fully saturated rings. The minimum atomic E-state index is 0.172. The number of hydrogen-bond acceptors (Lipinski definition) is 4. The maximum atomic E-state index is 5.88. The normalized spacial score (nSPS) is 17.5. The molecule has 0 aliphatic heterocycles. The van der Waals surface area contributed by atoms with E-state index in [0.717, 1.165) is 12.3 Å². The molecule has 2 atom stereocenters. The van der Waals surface area contributed by atoms with Crippen LogP contribution in [0.25, 0.3) is 0 Å². The SMILES string of the molecule is CCNC(c1ccccc1OCCOC)C(OC)C1CC1. The van der Waals surface area contributed by atoms with Crippen LogP contribution < -0.4 is 10.1 Å². The molecule has 2 unspecified atom stereocenters. The van der Waals surface area contributed by atoms with Gasteiger partial charge in [0.1, 0.15) is 12.4 Å². The van der Waals surface area contributed by atoms with Crippen molar-refractivity contribution in [1.82, 2.24) is 5.32 Å². The van der Waals surface area contributed by atoms with Crippen molar-refractivity contribution in [3.8, 4) is 5.75 Å². The van der Waals surface area contributed by atoms with Gasteiger partial charge in [0.2, 0.25) is 0 Å². The van der Waals surface area contributed by atoms with Crippen LogP contribution >= 0.6 is 0 Å². The van der Waals surface area contributed by atoms with Crippen LogP contribution in [0.4, 0.5) is 0 Å². The topological polar surface area (TPSA) is 39.7 Å². The molecule has 0 aromatic heterocycles. The smallest absolute Gasteiger partial charge is 0.124 e. The molecule has 0 amide bonds. The summed E-state index contributed by atoms with van der Waals surface area (Å²) in [5.74, 6) is 1.58. The highest BCUT2D eigenvalue weighted by Gasteiger charge is 2.38. The second-order valence-electron chi connectivity index (χ2n) is 5.45. The molecule has 1 aromatic carbocycles. The molecule has 4 nitrogen and oxygen atoms in total. The van der Waals surface area contributed by atoms with E-state index in [0.29, 0.717) is 19.1 Å². The summed E-state index contributed by atoms with van der Waals surface area (Å²) in [6, 6.07) is 8.39. The second kappa shape index (κ2) is 8.37. The van der Waals surface area contributed by atoms with E-state index in [1.54, 1.807) is 7.11 Å². The molecule has 1 aromatic rings. The first kappa shape index (κ1) is 16.3. The van der Waals surface area contributed by atoms with Gasteiger partial charge in [-0.3, -0.25) is 0 Å². The van der Waals surface area contributed by atoms with Gasteiger partial charge < -0.3 is 19.5 Å². The zero-order valence-corrected chi connectivity index (χ0v) is 13.3. The van der Waals surface area contributed by atoms with Gasteiger partial charge >= 0.3 is 0 Å². The average Bonchev–Trinajstić information content (AvgIpc) is 3.33. The largest absolute Gasteiger partial charge is 0.491 e. The number of hydrogen-bond donors (Lipinski definition) is 1. The number of likely N-dealkylation sites (N-methyl/N-ethyl adjacent to an activating group) is 1. The Balaban J connectivity index is 2.17. The standard InChI is InChI=1S/C17H27NO3/c1-4-18-16(17(20-3)13-9-10-13)14-7-5-6-8-15(14)21-12-11-19-2/h5-8,13,16-18H,4,9-12H2,1-3H3. The predicted octanol–water partition coefficient (Wildman–Crippen LogP) is 2.79. The van der Waals surface area contributed by atoms with E-state index in [-0.39, 0.29) is 12.1 Å². The lowest BCUT2D eigenvalue weighted by Gasteiger charge is -2.28. The van der Waals surface area contributed by atoms with Gasteiger partial charge in [0, 0.05) is 19.8 Å². The Morgan fingerprint density at radius 1 is 1.19 bits per heavy atom. The Labute approximate surface area is 127 Å². The van der Waals surface area contributed by atoms with E-state index >= 15 is 0 Å². The number of ether oxygens (including phenoxy) is 3. The van der Waals surface area contributed by atoms with Gasteiger partial charge in [0.05, 0.1) is 18.8 Å². The van der Waals surface area contributed by atoms with Crippen LogP contribution in [0, 0.1) is 5.92 Å². The summed E-state index contributed by atoms with van der Waals surface area (Å²) in [5, 5.41) is 3.57. The van der Waals surface area contributed by atoms with Crippen molar-refractivity contribution in [2.24, 2.45) is 5.92 Å². The summed E-state index contributed by atoms with van der Waals surface area (Å²) < 4.78 is 16.7. The van der Waals surface area contributed by atoms with Gasteiger partial charge in [-0.2, -0.15) is 0 Å². The van der Waals surface area contributed by atoms with Crippen LogP contribution in [0.5, 0.6) is 5.75 Å². The Kier molecular flexibility index (Phi) is 6.49. The minimum absolute atomic E-state index is 0.172. The molecule has 118 valence electrons. The molecule has 0 bridgehead atoms. The summed E-state index contributed by atoms with van der Waals surface area (Å²) in [6.07, 6.45) is 2.72. The Morgan fingerprint density at radius 2 is 1.95 bits per heavy atom. The first-order chi connectivity index (χ1) is 10.3. The van der Waals surface area contributed by atoms with Crippen LogP contribution in [-0.2, 0) is 9.47 Å². The number of methoxy groups -OCH3 is 2. The molecule has 0 spiro atoms. The zero-order valence-electron chi connectivity index (χ0n) is 13.3. The first-order valence-electron chi connectivity index (χ1n) is 7.78. The van der Waals surface area contributed by atoms with Gasteiger partial charge in [-0.25, -0.2) is 0 Å². The second-order valence-corrected chi connectivity index (χ2v) is 5.45. The average molecular weight is 293 g/mol. The van der Waals surface area contributed by atoms with Crippen molar-refractivity contribution in [2.75, 3.05) is 34.0 Å². The van der Waals surface area contributed by atoms with E-state index in [9.17, 15) is 0 Å². The van der Waals surface area contributed by atoms with Crippen molar-refractivity contribution in [2.45, 2.75) is 31.9 Å². The lowest BCUT2D eigenvalue weighted by molar-refractivity contribution is 0.0498. The van der Waals surface area contributed by atoms with Gasteiger partial charge in [-0.05, 0) is 31.4 Å². The van der Waals surface area contributed by atoms with Gasteiger partial charge in [-0.1, -0.05) is 25.1 Å². The summed E-state index contributed by atoms with van der Waals surface area (Å²) >= 11 is 0. The fourth-order valence-corrected chi connectivity index (χ4v) is 2.75. The molecule has 21 heavy (non-hydrogen) atoms. The molecule has 0 saturated heterocycles. The molecular formula is C17H27NO3. The van der Waals surface area contributed by atoms with Crippen LogP contribution in [0.15, 0.2) is 24.3 Å². The van der Waals surface area contributed by atoms with Crippen molar-refractivity contribution in [1.29, 1.82) is 0 Å². The molecule has 2 rings (SSSR count). The maximum Gasteiger partial charge on any atom is 0.124 e. The first-order valence-corrected chi connectivity index (χ1v) is 7.78. The predicted molar refractivity (Wildman–Crippen MR) is 83.8 cm³/mol. The highest BCUT2D eigenvalue weighted by molar-refractivity contribution is 5.37. The van der Waals surface area contributed by atoms with Gasteiger partial charge in [0.25, 0.3) is 0 Å². The number of rotatable bonds is 10. The van der Waals surface area contributed by atoms with E-state index in [4.69, 9.17) is 14.2 Å². The highest BCUT2D eigenvalue weighted by atomic mass is 16.5. The minimum Gasteiger partial charge on any atom is -0.491 e. The quantitative estimate of drug-likeness (QED) is 0.673. The molecule has 1 aliphatic carbocycles. The monoisotopic (exact) mass is 293 g/mol. The van der Waals surface area contributed by atoms with Crippen LogP contribution in [0.1, 0.15) is 31.4 Å². The molecule has 0 heterocycles. The van der Waals surface area contributed by atoms with E-state index in [2.05, 4.69) is 24.4 Å². The van der Waals surface area contributed by atoms with Crippen molar-refractivity contribution < 1.29 is 14.2 Å². The third-order valence-corrected chi connectivity index (χ3v) is 3.91. The third-order valence-electron chi connectivity index (χ3n) is 3.91. The molecule has 1 aliphatic rings. The third kappa shape index (κ3) is 4.43. The van der Waals surface area contributed by atoms with Crippen LogP contribution in [0.3, 0.4) is 0 Å². The molecule has 1 N–H and O–H groups in total. The molecule has 4 heteroatoms. The number of para-hydroxylation sites is 1. The summed E-state index contributed by atoms with van der Waals surface area (Å²) in [6.45, 7) is 4.19. The van der Waals surface area contributed by atoms with Gasteiger partial charge in [0.15, 0.2) is 0 Å². The van der Waals surface area contributed by atoms with E-state index in [1.165, 1.54) is 18.4 Å². The maximum absolute atomic E-state index is 5.88. The zero-order chi connectivity index (χ0) is 15.1. The van der Waals surface area contributed by atoms with Crippen LogP contribution in [-0.4, -0.2) is 40.1 Å². The molecule has 0 radical (unpaired) electrons.